The fourth-order valence-corrected chi connectivity index (χ4v) is 4.16. The summed E-state index contributed by atoms with van der Waals surface area (Å²) in [6.45, 7) is 0. The summed E-state index contributed by atoms with van der Waals surface area (Å²) in [6, 6.07) is 13.8. The van der Waals surface area contributed by atoms with Gasteiger partial charge in [-0.2, -0.15) is 5.10 Å². The number of rotatable bonds is 4. The molecule has 2 aromatic carbocycles. The lowest BCUT2D eigenvalue weighted by molar-refractivity contribution is -0.116. The van der Waals surface area contributed by atoms with Gasteiger partial charge in [-0.3, -0.25) is 9.80 Å². The summed E-state index contributed by atoms with van der Waals surface area (Å²) in [7, 11) is 0. The number of hydrazone groups is 1. The van der Waals surface area contributed by atoms with Crippen LogP contribution in [0.25, 0.3) is 0 Å². The summed E-state index contributed by atoms with van der Waals surface area (Å²) < 4.78 is 1.16. The Morgan fingerprint density at radius 2 is 1.89 bits per heavy atom. The van der Waals surface area contributed by atoms with Gasteiger partial charge in [-0.1, -0.05) is 35.3 Å². The topological polar surface area (TPSA) is 44.7 Å². The summed E-state index contributed by atoms with van der Waals surface area (Å²) in [4.78, 5) is 12.7. The first-order chi connectivity index (χ1) is 13.0. The van der Waals surface area contributed by atoms with Gasteiger partial charge in [0.25, 0.3) is 5.91 Å². The van der Waals surface area contributed by atoms with Crippen molar-refractivity contribution in [1.29, 1.82) is 0 Å². The van der Waals surface area contributed by atoms with Crippen LogP contribution in [0.2, 0.25) is 10.0 Å². The average Bonchev–Trinajstić information content (AvgIpc) is 3.04. The first kappa shape index (κ1) is 19.0. The number of carbonyl (C=O) groups excluding carboxylic acids is 1. The van der Waals surface area contributed by atoms with Crippen molar-refractivity contribution in [3.8, 4) is 0 Å². The molecular formula is C20H18Cl2IN3O. The van der Waals surface area contributed by atoms with Crippen molar-refractivity contribution in [2.24, 2.45) is 5.10 Å². The predicted molar refractivity (Wildman–Crippen MR) is 119 cm³/mol. The van der Waals surface area contributed by atoms with Crippen molar-refractivity contribution >= 4 is 63.1 Å². The van der Waals surface area contributed by atoms with E-state index in [0.29, 0.717) is 22.2 Å². The molecule has 1 N–H and O–H groups in total. The van der Waals surface area contributed by atoms with Gasteiger partial charge in [-0.05, 0) is 77.7 Å². The fraction of sp³-hybridized carbons (Fsp3) is 0.300. The molecule has 0 spiro atoms. The number of hydrogen-bond acceptors (Lipinski definition) is 3. The van der Waals surface area contributed by atoms with Crippen molar-refractivity contribution in [3.63, 3.8) is 0 Å². The monoisotopic (exact) mass is 513 g/mol. The van der Waals surface area contributed by atoms with E-state index in [-0.39, 0.29) is 18.0 Å². The van der Waals surface area contributed by atoms with E-state index in [1.807, 2.05) is 11.1 Å². The lowest BCUT2D eigenvalue weighted by Gasteiger charge is -2.26. The van der Waals surface area contributed by atoms with E-state index in [0.717, 1.165) is 27.7 Å². The molecule has 0 saturated heterocycles. The van der Waals surface area contributed by atoms with Gasteiger partial charge >= 0.3 is 0 Å². The molecule has 1 heterocycles. The number of benzene rings is 2. The Morgan fingerprint density at radius 3 is 2.52 bits per heavy atom. The van der Waals surface area contributed by atoms with Crippen LogP contribution in [0.4, 0.5) is 5.69 Å². The Labute approximate surface area is 182 Å². The molecule has 4 nitrogen and oxygen atoms in total. The Morgan fingerprint density at radius 1 is 1.15 bits per heavy atom. The first-order valence-electron chi connectivity index (χ1n) is 8.89. The first-order valence-corrected chi connectivity index (χ1v) is 10.7. The molecule has 140 valence electrons. The number of halogens is 3. The van der Waals surface area contributed by atoms with E-state index in [2.05, 4.69) is 57.3 Å². The Bertz CT molecular complexity index is 897. The summed E-state index contributed by atoms with van der Waals surface area (Å²) in [5, 5.41) is 10.7. The quantitative estimate of drug-likeness (QED) is 0.543. The van der Waals surface area contributed by atoms with Crippen LogP contribution < -0.4 is 10.3 Å². The maximum absolute atomic E-state index is 12.7. The van der Waals surface area contributed by atoms with E-state index in [1.54, 1.807) is 12.1 Å². The molecular weight excluding hydrogens is 496 g/mol. The molecule has 7 heteroatoms. The second-order valence-electron chi connectivity index (χ2n) is 6.86. The highest BCUT2D eigenvalue weighted by molar-refractivity contribution is 14.1. The van der Waals surface area contributed by atoms with Gasteiger partial charge in [0, 0.05) is 21.1 Å². The van der Waals surface area contributed by atoms with Gasteiger partial charge in [-0.15, -0.1) is 0 Å². The predicted octanol–water partition coefficient (Wildman–Crippen LogP) is 5.57. The highest BCUT2D eigenvalue weighted by atomic mass is 127. The molecule has 0 bridgehead atoms. The summed E-state index contributed by atoms with van der Waals surface area (Å²) >= 11 is 14.8. The molecule has 1 saturated carbocycles. The molecule has 27 heavy (non-hydrogen) atoms. The summed E-state index contributed by atoms with van der Waals surface area (Å²) in [5.74, 6) is -0.0807. The number of carbonyl (C=O) groups is 1. The zero-order valence-corrected chi connectivity index (χ0v) is 18.1. The number of anilines is 1. The van der Waals surface area contributed by atoms with E-state index in [4.69, 9.17) is 23.2 Å². The molecule has 1 amide bonds. The zero-order valence-electron chi connectivity index (χ0n) is 14.5. The van der Waals surface area contributed by atoms with Gasteiger partial charge in [0.2, 0.25) is 0 Å². The largest absolute Gasteiger partial charge is 0.348 e. The van der Waals surface area contributed by atoms with Crippen molar-refractivity contribution in [1.82, 2.24) is 5.32 Å². The van der Waals surface area contributed by atoms with Crippen molar-refractivity contribution in [2.75, 3.05) is 5.01 Å². The van der Waals surface area contributed by atoms with E-state index < -0.39 is 0 Å². The molecule has 4 rings (SSSR count). The standard InChI is InChI=1S/C20H18Cl2IN3O/c21-13-6-9-18(16(22)10-13)26-19(12-4-7-14(23)8-5-12)11-17(25-26)20(27)24-15-2-1-3-15/h4-10,15,19H,1-3,11H2,(H,24,27). The van der Waals surface area contributed by atoms with Crippen molar-refractivity contribution in [3.05, 3.63) is 61.6 Å². The Kier molecular flexibility index (Phi) is 5.62. The molecule has 1 aliphatic heterocycles. The fourth-order valence-electron chi connectivity index (χ4n) is 3.30. The molecule has 1 aliphatic carbocycles. The Hall–Kier alpha value is -1.31. The van der Waals surface area contributed by atoms with Gasteiger partial charge in [-0.25, -0.2) is 0 Å². The highest BCUT2D eigenvalue weighted by Gasteiger charge is 2.34. The maximum atomic E-state index is 12.7. The van der Waals surface area contributed by atoms with E-state index in [1.165, 1.54) is 6.42 Å². The second-order valence-corrected chi connectivity index (χ2v) is 8.95. The summed E-state index contributed by atoms with van der Waals surface area (Å²) in [6.07, 6.45) is 3.81. The van der Waals surface area contributed by atoms with Crippen LogP contribution in [0.15, 0.2) is 47.6 Å². The Balaban J connectivity index is 1.66. The zero-order chi connectivity index (χ0) is 19.0. The maximum Gasteiger partial charge on any atom is 0.267 e. The molecule has 0 aromatic heterocycles. The minimum atomic E-state index is -0.0807. The third-order valence-corrected chi connectivity index (χ3v) is 6.28. The number of amides is 1. The van der Waals surface area contributed by atoms with Crippen LogP contribution >= 0.6 is 45.8 Å². The van der Waals surface area contributed by atoms with Gasteiger partial charge in [0.1, 0.15) is 5.71 Å². The number of hydrogen-bond donors (Lipinski definition) is 1. The molecule has 2 aromatic rings. The minimum absolute atomic E-state index is 0.0807. The van der Waals surface area contributed by atoms with Gasteiger partial charge in [0.05, 0.1) is 16.8 Å². The van der Waals surface area contributed by atoms with Gasteiger partial charge in [0.15, 0.2) is 0 Å². The average molecular weight is 514 g/mol. The summed E-state index contributed by atoms with van der Waals surface area (Å²) in [5.41, 5.74) is 2.38. The van der Waals surface area contributed by atoms with Gasteiger partial charge < -0.3 is 5.32 Å². The normalized spacial score (nSPS) is 19.6. The van der Waals surface area contributed by atoms with E-state index >= 15 is 0 Å². The second kappa shape index (κ2) is 7.97. The van der Waals surface area contributed by atoms with Crippen LogP contribution in [0, 0.1) is 3.57 Å². The van der Waals surface area contributed by atoms with E-state index in [9.17, 15) is 4.79 Å². The van der Waals surface area contributed by atoms with Crippen LogP contribution in [0.1, 0.15) is 37.3 Å². The molecule has 1 fully saturated rings. The lowest BCUT2D eigenvalue weighted by atomic mass is 9.93. The van der Waals surface area contributed by atoms with Crippen LogP contribution in [0.3, 0.4) is 0 Å². The SMILES string of the molecule is O=C(NC1CCC1)C1=NN(c2ccc(Cl)cc2Cl)C(c2ccc(I)cc2)C1. The molecule has 2 aliphatic rings. The number of nitrogens with zero attached hydrogens (tertiary/aromatic N) is 2. The van der Waals surface area contributed by atoms with Crippen molar-refractivity contribution < 1.29 is 4.79 Å². The molecule has 0 radical (unpaired) electrons. The number of nitrogens with one attached hydrogen (secondary N) is 1. The molecule has 1 unspecified atom stereocenters. The minimum Gasteiger partial charge on any atom is -0.348 e. The molecule has 1 atom stereocenters. The van der Waals surface area contributed by atoms with Crippen molar-refractivity contribution in [2.45, 2.75) is 37.8 Å². The highest BCUT2D eigenvalue weighted by Crippen LogP contribution is 2.39. The third kappa shape index (κ3) is 4.10. The van der Waals surface area contributed by atoms with Crippen LogP contribution in [-0.4, -0.2) is 17.7 Å². The lowest BCUT2D eigenvalue weighted by Crippen LogP contribution is -2.42. The smallest absolute Gasteiger partial charge is 0.267 e. The third-order valence-electron chi connectivity index (χ3n) is 5.02. The van der Waals surface area contributed by atoms with Crippen LogP contribution in [0.5, 0.6) is 0 Å². The van der Waals surface area contributed by atoms with Crippen LogP contribution in [-0.2, 0) is 4.79 Å².